The third-order valence-corrected chi connectivity index (χ3v) is 2.69. The molecule has 2 N–H and O–H groups in total. The van der Waals surface area contributed by atoms with Gasteiger partial charge in [0.1, 0.15) is 0 Å². The first-order chi connectivity index (χ1) is 7.69. The highest BCUT2D eigenvalue weighted by molar-refractivity contribution is 5.81. The van der Waals surface area contributed by atoms with Gasteiger partial charge in [-0.05, 0) is 25.8 Å². The number of amides is 1. The van der Waals surface area contributed by atoms with Crippen LogP contribution in [0, 0.1) is 0 Å². The Morgan fingerprint density at radius 1 is 1.25 bits per heavy atom. The van der Waals surface area contributed by atoms with E-state index in [-0.39, 0.29) is 5.91 Å². The summed E-state index contributed by atoms with van der Waals surface area (Å²) in [5.74, 6) is 0.0360. The van der Waals surface area contributed by atoms with Crippen LogP contribution in [0.15, 0.2) is 30.3 Å². The van der Waals surface area contributed by atoms with E-state index in [2.05, 4.69) is 0 Å². The lowest BCUT2D eigenvalue weighted by molar-refractivity contribution is -0.132. The highest BCUT2D eigenvalue weighted by Crippen LogP contribution is 2.04. The minimum absolute atomic E-state index is 0.0360. The molecule has 0 aromatic heterocycles. The summed E-state index contributed by atoms with van der Waals surface area (Å²) in [6, 6.07) is 9.45. The molecule has 0 aliphatic heterocycles. The summed E-state index contributed by atoms with van der Waals surface area (Å²) in [4.78, 5) is 13.7. The Morgan fingerprint density at radius 3 is 2.31 bits per heavy atom. The highest BCUT2D eigenvalue weighted by Gasteiger charge is 2.18. The summed E-state index contributed by atoms with van der Waals surface area (Å²) in [6.07, 6.45) is 0.607. The van der Waals surface area contributed by atoms with Crippen molar-refractivity contribution in [1.29, 1.82) is 0 Å². The number of benzene rings is 1. The molecule has 1 aromatic rings. The summed E-state index contributed by atoms with van der Waals surface area (Å²) in [5, 5.41) is 0. The Hall–Kier alpha value is -1.35. The van der Waals surface area contributed by atoms with Gasteiger partial charge >= 0.3 is 0 Å². The average Bonchev–Trinajstić information content (AvgIpc) is 2.31. The number of carbonyl (C=O) groups is 1. The van der Waals surface area contributed by atoms with E-state index in [1.807, 2.05) is 44.2 Å². The van der Waals surface area contributed by atoms with E-state index in [1.165, 1.54) is 0 Å². The predicted molar refractivity (Wildman–Crippen MR) is 66.0 cm³/mol. The maximum atomic E-state index is 11.9. The van der Waals surface area contributed by atoms with Crippen LogP contribution in [0.1, 0.15) is 19.4 Å². The average molecular weight is 220 g/mol. The van der Waals surface area contributed by atoms with Crippen molar-refractivity contribution in [3.05, 3.63) is 35.9 Å². The molecule has 1 aromatic carbocycles. The first kappa shape index (κ1) is 12.7. The molecule has 16 heavy (non-hydrogen) atoms. The maximum absolute atomic E-state index is 11.9. The Bertz CT molecular complexity index is 320. The van der Waals surface area contributed by atoms with Crippen LogP contribution in [0.25, 0.3) is 0 Å². The van der Waals surface area contributed by atoms with Crippen molar-refractivity contribution in [2.45, 2.75) is 26.3 Å². The molecule has 1 amide bonds. The molecule has 0 radical (unpaired) electrons. The van der Waals surface area contributed by atoms with Crippen molar-refractivity contribution in [2.75, 3.05) is 13.1 Å². The molecule has 1 rings (SSSR count). The standard InChI is InChI=1S/C13H20N2O/c1-3-15(4-2)13(16)12(14)10-11-8-6-5-7-9-11/h5-9,12H,3-4,10,14H2,1-2H3/t12-/m1/s1. The lowest BCUT2D eigenvalue weighted by Gasteiger charge is -2.22. The zero-order valence-electron chi connectivity index (χ0n) is 10.0. The van der Waals surface area contributed by atoms with Crippen LogP contribution in [0.2, 0.25) is 0 Å². The van der Waals surface area contributed by atoms with Gasteiger partial charge in [-0.2, -0.15) is 0 Å². The van der Waals surface area contributed by atoms with E-state index in [0.29, 0.717) is 6.42 Å². The van der Waals surface area contributed by atoms with Crippen LogP contribution >= 0.6 is 0 Å². The molecule has 0 heterocycles. The minimum atomic E-state index is -0.428. The largest absolute Gasteiger partial charge is 0.342 e. The molecule has 3 nitrogen and oxygen atoms in total. The number of likely N-dealkylation sites (N-methyl/N-ethyl adjacent to an activating group) is 1. The fraction of sp³-hybridized carbons (Fsp3) is 0.462. The number of hydrogen-bond acceptors (Lipinski definition) is 2. The Kier molecular flexibility index (Phi) is 4.99. The second kappa shape index (κ2) is 6.28. The smallest absolute Gasteiger partial charge is 0.239 e. The van der Waals surface area contributed by atoms with Gasteiger partial charge in [0.05, 0.1) is 6.04 Å². The molecule has 0 fully saturated rings. The predicted octanol–water partition coefficient (Wildman–Crippen LogP) is 1.42. The molecule has 0 bridgehead atoms. The molecule has 88 valence electrons. The molecule has 0 aliphatic carbocycles. The molecule has 0 spiro atoms. The number of nitrogens with zero attached hydrogens (tertiary/aromatic N) is 1. The van der Waals surface area contributed by atoms with Gasteiger partial charge < -0.3 is 10.6 Å². The monoisotopic (exact) mass is 220 g/mol. The van der Waals surface area contributed by atoms with E-state index in [9.17, 15) is 4.79 Å². The van der Waals surface area contributed by atoms with Gasteiger partial charge in [-0.25, -0.2) is 0 Å². The quantitative estimate of drug-likeness (QED) is 0.816. The van der Waals surface area contributed by atoms with Crippen LogP contribution in [0.5, 0.6) is 0 Å². The van der Waals surface area contributed by atoms with Crippen molar-refractivity contribution >= 4 is 5.91 Å². The molecule has 3 heteroatoms. The van der Waals surface area contributed by atoms with E-state index < -0.39 is 6.04 Å². The lowest BCUT2D eigenvalue weighted by Crippen LogP contribution is -2.44. The summed E-state index contributed by atoms with van der Waals surface area (Å²) < 4.78 is 0. The van der Waals surface area contributed by atoms with Gasteiger partial charge in [0.15, 0.2) is 0 Å². The fourth-order valence-corrected chi connectivity index (χ4v) is 1.73. The number of hydrogen-bond donors (Lipinski definition) is 1. The third kappa shape index (κ3) is 3.35. The molecule has 0 saturated carbocycles. The van der Waals surface area contributed by atoms with Gasteiger partial charge in [0.2, 0.25) is 5.91 Å². The number of nitrogens with two attached hydrogens (primary N) is 1. The second-order valence-electron chi connectivity index (χ2n) is 3.81. The lowest BCUT2D eigenvalue weighted by atomic mass is 10.1. The van der Waals surface area contributed by atoms with E-state index >= 15 is 0 Å². The first-order valence-electron chi connectivity index (χ1n) is 5.77. The van der Waals surface area contributed by atoms with Gasteiger partial charge in [-0.3, -0.25) is 4.79 Å². The first-order valence-corrected chi connectivity index (χ1v) is 5.77. The molecular weight excluding hydrogens is 200 g/mol. The van der Waals surface area contributed by atoms with E-state index in [0.717, 1.165) is 18.7 Å². The molecular formula is C13H20N2O. The Balaban J connectivity index is 2.58. The van der Waals surface area contributed by atoms with Crippen LogP contribution in [-0.2, 0) is 11.2 Å². The summed E-state index contributed by atoms with van der Waals surface area (Å²) in [7, 11) is 0. The van der Waals surface area contributed by atoms with Gasteiger partial charge in [0.25, 0.3) is 0 Å². The van der Waals surface area contributed by atoms with Crippen molar-refractivity contribution in [3.8, 4) is 0 Å². The van der Waals surface area contributed by atoms with Crippen molar-refractivity contribution in [2.24, 2.45) is 5.73 Å². The van der Waals surface area contributed by atoms with Crippen molar-refractivity contribution in [3.63, 3.8) is 0 Å². The number of carbonyl (C=O) groups excluding carboxylic acids is 1. The summed E-state index contributed by atoms with van der Waals surface area (Å²) >= 11 is 0. The van der Waals surface area contributed by atoms with E-state index in [4.69, 9.17) is 5.73 Å². The molecule has 0 aliphatic rings. The zero-order chi connectivity index (χ0) is 12.0. The maximum Gasteiger partial charge on any atom is 0.239 e. The Morgan fingerprint density at radius 2 is 1.81 bits per heavy atom. The molecule has 1 atom stereocenters. The molecule has 0 unspecified atom stereocenters. The van der Waals surface area contributed by atoms with Crippen LogP contribution in [0.3, 0.4) is 0 Å². The summed E-state index contributed by atoms with van der Waals surface area (Å²) in [5.41, 5.74) is 7.02. The third-order valence-electron chi connectivity index (χ3n) is 2.69. The van der Waals surface area contributed by atoms with Crippen LogP contribution < -0.4 is 5.73 Å². The van der Waals surface area contributed by atoms with Gasteiger partial charge in [-0.1, -0.05) is 30.3 Å². The highest BCUT2D eigenvalue weighted by atomic mass is 16.2. The van der Waals surface area contributed by atoms with E-state index in [1.54, 1.807) is 4.90 Å². The van der Waals surface area contributed by atoms with Crippen LogP contribution in [0.4, 0.5) is 0 Å². The van der Waals surface area contributed by atoms with Crippen molar-refractivity contribution in [1.82, 2.24) is 4.90 Å². The zero-order valence-corrected chi connectivity index (χ0v) is 10.0. The second-order valence-corrected chi connectivity index (χ2v) is 3.81. The SMILES string of the molecule is CCN(CC)C(=O)[C@H](N)Cc1ccccc1. The number of rotatable bonds is 5. The van der Waals surface area contributed by atoms with Gasteiger partial charge in [0, 0.05) is 13.1 Å². The van der Waals surface area contributed by atoms with Crippen LogP contribution in [-0.4, -0.2) is 29.9 Å². The Labute approximate surface area is 97.2 Å². The fourth-order valence-electron chi connectivity index (χ4n) is 1.73. The topological polar surface area (TPSA) is 46.3 Å². The van der Waals surface area contributed by atoms with Gasteiger partial charge in [-0.15, -0.1) is 0 Å². The minimum Gasteiger partial charge on any atom is -0.342 e. The normalized spacial score (nSPS) is 12.2. The van der Waals surface area contributed by atoms with Crippen molar-refractivity contribution < 1.29 is 4.79 Å². The summed E-state index contributed by atoms with van der Waals surface area (Å²) in [6.45, 7) is 5.38. The molecule has 0 saturated heterocycles.